The third-order valence-corrected chi connectivity index (χ3v) is 5.76. The van der Waals surface area contributed by atoms with Gasteiger partial charge >= 0.3 is 0 Å². The van der Waals surface area contributed by atoms with E-state index >= 15 is 0 Å². The summed E-state index contributed by atoms with van der Waals surface area (Å²) >= 11 is 0. The Morgan fingerprint density at radius 3 is 2.46 bits per heavy atom. The average molecular weight is 387 g/mol. The van der Waals surface area contributed by atoms with Crippen molar-refractivity contribution in [3.05, 3.63) is 48.5 Å². The lowest BCUT2D eigenvalue weighted by Gasteiger charge is -2.47. The van der Waals surface area contributed by atoms with Gasteiger partial charge in [-0.05, 0) is 30.5 Å². The monoisotopic (exact) mass is 386 g/mol. The summed E-state index contributed by atoms with van der Waals surface area (Å²) in [5.74, 6) is 0.256. The zero-order chi connectivity index (χ0) is 19.9. The van der Waals surface area contributed by atoms with Gasteiger partial charge in [-0.25, -0.2) is 4.98 Å². The van der Waals surface area contributed by atoms with Gasteiger partial charge in [0.2, 0.25) is 0 Å². The third-order valence-electron chi connectivity index (χ3n) is 5.76. The van der Waals surface area contributed by atoms with Crippen molar-refractivity contribution < 1.29 is 14.2 Å². The van der Waals surface area contributed by atoms with E-state index in [1.54, 1.807) is 7.11 Å². The first-order chi connectivity index (χ1) is 13.6. The highest BCUT2D eigenvalue weighted by atomic mass is 16.7. The molecule has 154 valence electrons. The van der Waals surface area contributed by atoms with Crippen molar-refractivity contribution in [1.82, 2.24) is 9.55 Å². The molecular weight excluding hydrogens is 352 g/mol. The van der Waals surface area contributed by atoms with Crippen LogP contribution in [0.1, 0.15) is 51.5 Å². The van der Waals surface area contributed by atoms with Crippen LogP contribution in [0.5, 0.6) is 5.75 Å². The summed E-state index contributed by atoms with van der Waals surface area (Å²) in [4.78, 5) is 4.15. The van der Waals surface area contributed by atoms with E-state index in [4.69, 9.17) is 14.2 Å². The highest BCUT2D eigenvalue weighted by Crippen LogP contribution is 2.40. The minimum Gasteiger partial charge on any atom is -0.497 e. The number of methoxy groups -OCH3 is 1. The molecule has 2 heterocycles. The second kappa shape index (κ2) is 9.57. The van der Waals surface area contributed by atoms with Crippen molar-refractivity contribution in [2.75, 3.05) is 20.3 Å². The second-order valence-electron chi connectivity index (χ2n) is 8.07. The predicted octanol–water partition coefficient (Wildman–Crippen LogP) is 4.85. The maximum absolute atomic E-state index is 6.57. The van der Waals surface area contributed by atoms with Gasteiger partial charge in [-0.3, -0.25) is 0 Å². The molecule has 0 bridgehead atoms. The fourth-order valence-electron chi connectivity index (χ4n) is 4.27. The van der Waals surface area contributed by atoms with Gasteiger partial charge in [0.05, 0.1) is 26.7 Å². The molecule has 0 N–H and O–H groups in total. The third kappa shape index (κ3) is 5.15. The van der Waals surface area contributed by atoms with Crippen LogP contribution in [0.3, 0.4) is 0 Å². The van der Waals surface area contributed by atoms with E-state index in [0.29, 0.717) is 6.42 Å². The van der Waals surface area contributed by atoms with Gasteiger partial charge in [0.1, 0.15) is 5.75 Å². The Morgan fingerprint density at radius 1 is 1.11 bits per heavy atom. The molecule has 0 radical (unpaired) electrons. The van der Waals surface area contributed by atoms with Gasteiger partial charge in [0.15, 0.2) is 5.79 Å². The van der Waals surface area contributed by atoms with Crippen LogP contribution < -0.4 is 4.74 Å². The van der Waals surface area contributed by atoms with Gasteiger partial charge in [-0.1, -0.05) is 38.8 Å². The molecule has 1 fully saturated rings. The van der Waals surface area contributed by atoms with Crippen LogP contribution in [0, 0.1) is 5.41 Å². The number of imidazole rings is 1. The molecule has 0 saturated carbocycles. The molecule has 5 heteroatoms. The number of benzene rings is 1. The van der Waals surface area contributed by atoms with Gasteiger partial charge < -0.3 is 18.8 Å². The number of hydrogen-bond donors (Lipinski definition) is 0. The Hall–Kier alpha value is -1.85. The SMILES string of the molecule is CCCC1(CCC)COC(CCn2ccnc2)(Cc2cccc(OC)c2)OC1. The summed E-state index contributed by atoms with van der Waals surface area (Å²) in [7, 11) is 1.70. The van der Waals surface area contributed by atoms with Gasteiger partial charge in [-0.15, -0.1) is 0 Å². The van der Waals surface area contributed by atoms with Gasteiger partial charge in [0, 0.05) is 37.2 Å². The molecule has 0 spiro atoms. The van der Waals surface area contributed by atoms with Crippen molar-refractivity contribution in [3.8, 4) is 5.75 Å². The fraction of sp³-hybridized carbons (Fsp3) is 0.609. The molecule has 1 aliphatic rings. The Morgan fingerprint density at radius 2 is 1.86 bits per heavy atom. The highest BCUT2D eigenvalue weighted by Gasteiger charge is 2.43. The maximum atomic E-state index is 6.57. The number of nitrogens with zero attached hydrogens (tertiary/aromatic N) is 2. The second-order valence-corrected chi connectivity index (χ2v) is 8.07. The Balaban J connectivity index is 1.77. The number of rotatable bonds is 10. The summed E-state index contributed by atoms with van der Waals surface area (Å²) in [5.41, 5.74) is 1.32. The van der Waals surface area contributed by atoms with E-state index in [1.165, 1.54) is 5.56 Å². The van der Waals surface area contributed by atoms with Crippen molar-refractivity contribution in [2.24, 2.45) is 5.41 Å². The quantitative estimate of drug-likeness (QED) is 0.585. The van der Waals surface area contributed by atoms with Gasteiger partial charge in [-0.2, -0.15) is 0 Å². The number of hydrogen-bond acceptors (Lipinski definition) is 4. The minimum absolute atomic E-state index is 0.149. The molecule has 28 heavy (non-hydrogen) atoms. The van der Waals surface area contributed by atoms with Crippen molar-refractivity contribution >= 4 is 0 Å². The molecule has 1 saturated heterocycles. The smallest absolute Gasteiger partial charge is 0.174 e. The Labute approximate surface area is 169 Å². The van der Waals surface area contributed by atoms with Crippen LogP contribution in [0.4, 0.5) is 0 Å². The number of ether oxygens (including phenoxy) is 3. The Kier molecular flexibility index (Phi) is 7.13. The highest BCUT2D eigenvalue weighted by molar-refractivity contribution is 5.29. The lowest BCUT2D eigenvalue weighted by atomic mass is 9.79. The first kappa shape index (κ1) is 20.9. The lowest BCUT2D eigenvalue weighted by Crippen LogP contribution is -2.51. The molecule has 0 atom stereocenters. The van der Waals surface area contributed by atoms with E-state index in [-0.39, 0.29) is 5.41 Å². The Bertz CT molecular complexity index is 698. The predicted molar refractivity (Wildman–Crippen MR) is 110 cm³/mol. The molecule has 1 aromatic heterocycles. The summed E-state index contributed by atoms with van der Waals surface area (Å²) in [6, 6.07) is 8.19. The molecule has 0 unspecified atom stereocenters. The normalized spacial score (nSPS) is 18.1. The maximum Gasteiger partial charge on any atom is 0.174 e. The topological polar surface area (TPSA) is 45.5 Å². The molecule has 5 nitrogen and oxygen atoms in total. The zero-order valence-corrected chi connectivity index (χ0v) is 17.5. The van der Waals surface area contributed by atoms with E-state index in [2.05, 4.69) is 35.5 Å². The molecule has 2 aromatic rings. The van der Waals surface area contributed by atoms with E-state index in [0.717, 1.165) is 57.6 Å². The van der Waals surface area contributed by atoms with Crippen LogP contribution in [-0.4, -0.2) is 35.7 Å². The lowest BCUT2D eigenvalue weighted by molar-refractivity contribution is -0.309. The van der Waals surface area contributed by atoms with Crippen molar-refractivity contribution in [3.63, 3.8) is 0 Å². The summed E-state index contributed by atoms with van der Waals surface area (Å²) in [6.07, 6.45) is 11.8. The van der Waals surface area contributed by atoms with Crippen molar-refractivity contribution in [1.29, 1.82) is 0 Å². The van der Waals surface area contributed by atoms with Crippen molar-refractivity contribution in [2.45, 2.75) is 64.7 Å². The summed E-state index contributed by atoms with van der Waals surface area (Å²) in [6.45, 7) is 6.84. The van der Waals surface area contributed by atoms with Crippen LogP contribution in [-0.2, 0) is 22.4 Å². The molecule has 0 amide bonds. The first-order valence-electron chi connectivity index (χ1n) is 10.5. The largest absolute Gasteiger partial charge is 0.497 e. The molecular formula is C23H34N2O3. The number of aromatic nitrogens is 2. The summed E-state index contributed by atoms with van der Waals surface area (Å²) in [5, 5.41) is 0. The minimum atomic E-state index is -0.610. The van der Waals surface area contributed by atoms with Crippen LogP contribution in [0.15, 0.2) is 43.0 Å². The molecule has 1 aromatic carbocycles. The van der Waals surface area contributed by atoms with E-state index in [1.807, 2.05) is 30.9 Å². The zero-order valence-electron chi connectivity index (χ0n) is 17.5. The average Bonchev–Trinajstić information content (AvgIpc) is 3.23. The molecule has 0 aliphatic carbocycles. The van der Waals surface area contributed by atoms with E-state index in [9.17, 15) is 0 Å². The molecule has 1 aliphatic heterocycles. The van der Waals surface area contributed by atoms with E-state index < -0.39 is 5.79 Å². The summed E-state index contributed by atoms with van der Waals surface area (Å²) < 4.78 is 20.6. The fourth-order valence-corrected chi connectivity index (χ4v) is 4.27. The standard InChI is InChI=1S/C23H34N2O3/c1-4-9-22(10-5-2)17-27-23(28-18-22,11-13-25-14-12-24-19-25)16-20-7-6-8-21(15-20)26-3/h6-8,12,14-15,19H,4-5,9-11,13,16-18H2,1-3H3. The first-order valence-corrected chi connectivity index (χ1v) is 10.5. The van der Waals surface area contributed by atoms with Crippen LogP contribution >= 0.6 is 0 Å². The van der Waals surface area contributed by atoms with Crippen LogP contribution in [0.25, 0.3) is 0 Å². The number of aryl methyl sites for hydroxylation is 1. The molecule has 3 rings (SSSR count). The van der Waals surface area contributed by atoms with Gasteiger partial charge in [0.25, 0.3) is 0 Å². The van der Waals surface area contributed by atoms with Crippen LogP contribution in [0.2, 0.25) is 0 Å².